The van der Waals surface area contributed by atoms with Crippen LogP contribution in [-0.2, 0) is 9.47 Å². The molecule has 0 aromatic carbocycles. The molecule has 4 heterocycles. The molecule has 0 aromatic heterocycles. The van der Waals surface area contributed by atoms with Crippen LogP contribution in [0.15, 0.2) is 0 Å². The SMILES string of the molecule is CC(C)N1CCN(CCN2CC3(CCN(C4CCCOC4)CC3)OC2=O)CC1. The van der Waals surface area contributed by atoms with E-state index in [0.29, 0.717) is 12.1 Å². The number of piperazine rings is 1. The highest BCUT2D eigenvalue weighted by molar-refractivity contribution is 5.70. The Kier molecular flexibility index (Phi) is 6.45. The van der Waals surface area contributed by atoms with Gasteiger partial charge in [-0.25, -0.2) is 4.79 Å². The van der Waals surface area contributed by atoms with Gasteiger partial charge in [0.2, 0.25) is 0 Å². The third-order valence-corrected chi connectivity index (χ3v) is 7.23. The van der Waals surface area contributed by atoms with Gasteiger partial charge in [-0.1, -0.05) is 0 Å². The van der Waals surface area contributed by atoms with E-state index in [-0.39, 0.29) is 11.7 Å². The highest BCUT2D eigenvalue weighted by atomic mass is 16.6. The van der Waals surface area contributed by atoms with Crippen molar-refractivity contribution in [2.24, 2.45) is 0 Å². The highest BCUT2D eigenvalue weighted by Gasteiger charge is 2.47. The van der Waals surface area contributed by atoms with E-state index in [2.05, 4.69) is 28.5 Å². The fourth-order valence-corrected chi connectivity index (χ4v) is 5.20. The number of piperidine rings is 1. The molecule has 1 atom stereocenters. The van der Waals surface area contributed by atoms with Crippen molar-refractivity contribution >= 4 is 6.09 Å². The van der Waals surface area contributed by atoms with Gasteiger partial charge in [-0.3, -0.25) is 14.7 Å². The Labute approximate surface area is 169 Å². The molecule has 0 N–H and O–H groups in total. The van der Waals surface area contributed by atoms with Crippen molar-refractivity contribution in [3.63, 3.8) is 0 Å². The molecule has 1 spiro atoms. The largest absolute Gasteiger partial charge is 0.441 e. The second kappa shape index (κ2) is 8.86. The number of likely N-dealkylation sites (tertiary alicyclic amines) is 1. The number of amides is 1. The van der Waals surface area contributed by atoms with Crippen LogP contribution in [0.4, 0.5) is 4.79 Å². The first kappa shape index (κ1) is 20.4. The number of hydrogen-bond acceptors (Lipinski definition) is 6. The maximum Gasteiger partial charge on any atom is 0.410 e. The number of rotatable bonds is 5. The van der Waals surface area contributed by atoms with Gasteiger partial charge in [0.05, 0.1) is 13.2 Å². The quantitative estimate of drug-likeness (QED) is 0.704. The van der Waals surface area contributed by atoms with E-state index in [9.17, 15) is 4.79 Å². The molecule has 0 radical (unpaired) electrons. The lowest BCUT2D eigenvalue weighted by atomic mass is 9.90. The fraction of sp³-hybridized carbons (Fsp3) is 0.952. The maximum absolute atomic E-state index is 12.5. The fourth-order valence-electron chi connectivity index (χ4n) is 5.20. The van der Waals surface area contributed by atoms with Crippen LogP contribution in [-0.4, -0.2) is 115 Å². The number of ether oxygens (including phenoxy) is 2. The molecule has 0 aromatic rings. The zero-order valence-electron chi connectivity index (χ0n) is 17.8. The smallest absolute Gasteiger partial charge is 0.410 e. The lowest BCUT2D eigenvalue weighted by molar-refractivity contribution is -0.0389. The summed E-state index contributed by atoms with van der Waals surface area (Å²) in [7, 11) is 0. The molecule has 4 saturated heterocycles. The normalized spacial score (nSPS) is 30.3. The maximum atomic E-state index is 12.5. The molecule has 7 nitrogen and oxygen atoms in total. The van der Waals surface area contributed by atoms with E-state index < -0.39 is 0 Å². The Bertz CT molecular complexity index is 522. The molecule has 1 unspecified atom stereocenters. The number of carbonyl (C=O) groups is 1. The molecule has 160 valence electrons. The Morgan fingerprint density at radius 3 is 2.46 bits per heavy atom. The Morgan fingerprint density at radius 1 is 1.07 bits per heavy atom. The van der Waals surface area contributed by atoms with Gasteiger partial charge in [0.1, 0.15) is 5.60 Å². The van der Waals surface area contributed by atoms with Gasteiger partial charge < -0.3 is 14.4 Å². The van der Waals surface area contributed by atoms with E-state index in [1.54, 1.807) is 0 Å². The van der Waals surface area contributed by atoms with Gasteiger partial charge in [0, 0.05) is 83.9 Å². The van der Waals surface area contributed by atoms with Crippen molar-refractivity contribution in [1.82, 2.24) is 19.6 Å². The average Bonchev–Trinajstić information content (AvgIpc) is 3.02. The van der Waals surface area contributed by atoms with E-state index in [0.717, 1.165) is 85.0 Å². The van der Waals surface area contributed by atoms with Crippen molar-refractivity contribution in [3.05, 3.63) is 0 Å². The standard InChI is InChI=1S/C21H38N4O3/c1-18(2)23-12-9-22(10-13-23)11-14-25-17-21(28-20(25)26)5-7-24(8-6-21)19-4-3-15-27-16-19/h18-19H,3-17H2,1-2H3. The zero-order chi connectivity index (χ0) is 19.6. The number of nitrogens with zero attached hydrogens (tertiary/aromatic N) is 4. The predicted octanol–water partition coefficient (Wildman–Crippen LogP) is 1.48. The first-order chi connectivity index (χ1) is 13.5. The monoisotopic (exact) mass is 394 g/mol. The summed E-state index contributed by atoms with van der Waals surface area (Å²) in [4.78, 5) is 22.0. The zero-order valence-corrected chi connectivity index (χ0v) is 17.8. The van der Waals surface area contributed by atoms with Crippen LogP contribution in [0.25, 0.3) is 0 Å². The van der Waals surface area contributed by atoms with Crippen molar-refractivity contribution in [2.45, 2.75) is 57.2 Å². The summed E-state index contributed by atoms with van der Waals surface area (Å²) in [6, 6.07) is 1.19. The summed E-state index contributed by atoms with van der Waals surface area (Å²) in [5.74, 6) is 0. The summed E-state index contributed by atoms with van der Waals surface area (Å²) in [6.45, 7) is 15.3. The molecule has 7 heteroatoms. The summed E-state index contributed by atoms with van der Waals surface area (Å²) in [5, 5.41) is 0. The van der Waals surface area contributed by atoms with E-state index in [4.69, 9.17) is 9.47 Å². The van der Waals surface area contributed by atoms with Gasteiger partial charge in [-0.05, 0) is 26.7 Å². The molecule has 4 aliphatic heterocycles. The van der Waals surface area contributed by atoms with Crippen LogP contribution >= 0.6 is 0 Å². The number of carbonyl (C=O) groups excluding carboxylic acids is 1. The molecule has 4 rings (SSSR count). The predicted molar refractivity (Wildman–Crippen MR) is 109 cm³/mol. The lowest BCUT2D eigenvalue weighted by Crippen LogP contribution is -2.52. The molecule has 0 aliphatic carbocycles. The lowest BCUT2D eigenvalue weighted by Gasteiger charge is -2.42. The minimum Gasteiger partial charge on any atom is -0.441 e. The van der Waals surface area contributed by atoms with E-state index >= 15 is 0 Å². The van der Waals surface area contributed by atoms with Crippen molar-refractivity contribution in [1.29, 1.82) is 0 Å². The second-order valence-corrected chi connectivity index (χ2v) is 9.35. The van der Waals surface area contributed by atoms with Gasteiger partial charge >= 0.3 is 6.09 Å². The third kappa shape index (κ3) is 4.64. The minimum atomic E-state index is -0.251. The molecular formula is C21H38N4O3. The van der Waals surface area contributed by atoms with Crippen LogP contribution in [0.5, 0.6) is 0 Å². The first-order valence-electron chi connectivity index (χ1n) is 11.3. The molecule has 0 saturated carbocycles. The number of hydrogen-bond donors (Lipinski definition) is 0. The molecular weight excluding hydrogens is 356 g/mol. The van der Waals surface area contributed by atoms with Gasteiger partial charge in [0.15, 0.2) is 0 Å². The Morgan fingerprint density at radius 2 is 1.82 bits per heavy atom. The van der Waals surface area contributed by atoms with Crippen LogP contribution in [0.3, 0.4) is 0 Å². The summed E-state index contributed by atoms with van der Waals surface area (Å²) >= 11 is 0. The van der Waals surface area contributed by atoms with E-state index in [1.165, 1.54) is 12.8 Å². The summed E-state index contributed by atoms with van der Waals surface area (Å²) in [5.41, 5.74) is -0.251. The van der Waals surface area contributed by atoms with Gasteiger partial charge in [-0.15, -0.1) is 0 Å². The first-order valence-corrected chi connectivity index (χ1v) is 11.3. The molecule has 4 aliphatic rings. The minimum absolute atomic E-state index is 0.102. The Balaban J connectivity index is 1.21. The molecule has 1 amide bonds. The summed E-state index contributed by atoms with van der Waals surface area (Å²) < 4.78 is 11.6. The van der Waals surface area contributed by atoms with Crippen LogP contribution < -0.4 is 0 Å². The van der Waals surface area contributed by atoms with Crippen LogP contribution in [0.1, 0.15) is 39.5 Å². The van der Waals surface area contributed by atoms with Crippen LogP contribution in [0.2, 0.25) is 0 Å². The van der Waals surface area contributed by atoms with Crippen molar-refractivity contribution in [3.8, 4) is 0 Å². The highest BCUT2D eigenvalue weighted by Crippen LogP contribution is 2.34. The molecule has 0 bridgehead atoms. The van der Waals surface area contributed by atoms with Gasteiger partial charge in [-0.2, -0.15) is 0 Å². The average molecular weight is 395 g/mol. The molecule has 4 fully saturated rings. The topological polar surface area (TPSA) is 48.5 Å². The van der Waals surface area contributed by atoms with Crippen molar-refractivity contribution < 1.29 is 14.3 Å². The van der Waals surface area contributed by atoms with E-state index in [1.807, 2.05) is 4.90 Å². The third-order valence-electron chi connectivity index (χ3n) is 7.23. The van der Waals surface area contributed by atoms with Crippen molar-refractivity contribution in [2.75, 3.05) is 72.1 Å². The Hall–Kier alpha value is -0.890. The second-order valence-electron chi connectivity index (χ2n) is 9.35. The molecule has 28 heavy (non-hydrogen) atoms. The van der Waals surface area contributed by atoms with Crippen LogP contribution in [0, 0.1) is 0 Å². The summed E-state index contributed by atoms with van der Waals surface area (Å²) in [6.07, 6.45) is 4.22. The van der Waals surface area contributed by atoms with Gasteiger partial charge in [0.25, 0.3) is 0 Å².